The number of piperidine rings is 1. The summed E-state index contributed by atoms with van der Waals surface area (Å²) in [6.07, 6.45) is 9.18. The van der Waals surface area contributed by atoms with Crippen LogP contribution in [0.25, 0.3) is 11.5 Å². The fourth-order valence-electron chi connectivity index (χ4n) is 3.67. The van der Waals surface area contributed by atoms with Crippen LogP contribution in [-0.2, 0) is 6.54 Å². The molecule has 6 nitrogen and oxygen atoms in total. The molecule has 1 fully saturated rings. The molecule has 3 aromatic rings. The number of H-pyrrole nitrogens is 1. The number of imidazole rings is 1. The monoisotopic (exact) mass is 348 g/mol. The minimum atomic E-state index is 0.306. The first-order valence-corrected chi connectivity index (χ1v) is 9.19. The lowest BCUT2D eigenvalue weighted by atomic mass is 9.98. The van der Waals surface area contributed by atoms with Crippen LogP contribution in [0.5, 0.6) is 0 Å². The van der Waals surface area contributed by atoms with E-state index < -0.39 is 0 Å². The molecular weight excluding hydrogens is 324 g/mol. The molecule has 1 saturated heterocycles. The average molecular weight is 348 g/mol. The minimum Gasteiger partial charge on any atom is -0.341 e. The van der Waals surface area contributed by atoms with Gasteiger partial charge in [-0.2, -0.15) is 0 Å². The standard InChI is InChI=1S/C20H24N6/c1-14-11-22-20(23-14)18-10-17(24-15(2)25-18)19-7-3-4-9-26(19)13-16-6-5-8-21-12-16/h5-6,8,10-12,19H,3-4,7,9,13H2,1-2H3,(H,22,23). The van der Waals surface area contributed by atoms with Crippen LogP contribution < -0.4 is 0 Å². The van der Waals surface area contributed by atoms with Gasteiger partial charge in [-0.3, -0.25) is 9.88 Å². The highest BCUT2D eigenvalue weighted by Crippen LogP contribution is 2.32. The van der Waals surface area contributed by atoms with Crippen molar-refractivity contribution in [1.82, 2.24) is 29.8 Å². The van der Waals surface area contributed by atoms with Crippen molar-refractivity contribution in [2.45, 2.75) is 45.7 Å². The second kappa shape index (κ2) is 7.33. The molecule has 0 radical (unpaired) electrons. The van der Waals surface area contributed by atoms with Crippen molar-refractivity contribution < 1.29 is 0 Å². The number of pyridine rings is 1. The molecule has 4 rings (SSSR count). The number of aromatic nitrogens is 5. The second-order valence-electron chi connectivity index (χ2n) is 6.98. The van der Waals surface area contributed by atoms with E-state index in [1.807, 2.05) is 38.5 Å². The lowest BCUT2D eigenvalue weighted by molar-refractivity contribution is 0.137. The summed E-state index contributed by atoms with van der Waals surface area (Å²) in [6.45, 7) is 5.94. The molecule has 3 aromatic heterocycles. The van der Waals surface area contributed by atoms with Gasteiger partial charge >= 0.3 is 0 Å². The van der Waals surface area contributed by atoms with Crippen molar-refractivity contribution in [3.8, 4) is 11.5 Å². The Morgan fingerprint density at radius 1 is 1.19 bits per heavy atom. The van der Waals surface area contributed by atoms with Gasteiger partial charge in [-0.05, 0) is 50.9 Å². The highest BCUT2D eigenvalue weighted by atomic mass is 15.2. The summed E-state index contributed by atoms with van der Waals surface area (Å²) >= 11 is 0. The van der Waals surface area contributed by atoms with E-state index in [9.17, 15) is 0 Å². The van der Waals surface area contributed by atoms with Gasteiger partial charge in [0.2, 0.25) is 0 Å². The van der Waals surface area contributed by atoms with Crippen molar-refractivity contribution >= 4 is 0 Å². The average Bonchev–Trinajstić information content (AvgIpc) is 3.09. The summed E-state index contributed by atoms with van der Waals surface area (Å²) in [5.41, 5.74) is 4.23. The topological polar surface area (TPSA) is 70.6 Å². The molecule has 1 atom stereocenters. The van der Waals surface area contributed by atoms with Gasteiger partial charge in [-0.1, -0.05) is 12.5 Å². The molecule has 0 aromatic carbocycles. The third kappa shape index (κ3) is 3.65. The highest BCUT2D eigenvalue weighted by Gasteiger charge is 2.26. The highest BCUT2D eigenvalue weighted by molar-refractivity contribution is 5.50. The van der Waals surface area contributed by atoms with Gasteiger partial charge in [0.15, 0.2) is 5.82 Å². The van der Waals surface area contributed by atoms with Crippen molar-refractivity contribution in [1.29, 1.82) is 0 Å². The molecular formula is C20H24N6. The fourth-order valence-corrected chi connectivity index (χ4v) is 3.67. The van der Waals surface area contributed by atoms with E-state index in [0.717, 1.165) is 48.2 Å². The number of nitrogens with one attached hydrogen (secondary N) is 1. The van der Waals surface area contributed by atoms with E-state index in [1.54, 1.807) is 0 Å². The third-order valence-electron chi connectivity index (χ3n) is 4.87. The van der Waals surface area contributed by atoms with E-state index in [2.05, 4.69) is 37.0 Å². The van der Waals surface area contributed by atoms with E-state index in [0.29, 0.717) is 6.04 Å². The van der Waals surface area contributed by atoms with Crippen LogP contribution >= 0.6 is 0 Å². The molecule has 134 valence electrons. The van der Waals surface area contributed by atoms with Crippen molar-refractivity contribution in [3.63, 3.8) is 0 Å². The quantitative estimate of drug-likeness (QED) is 0.780. The molecule has 0 aliphatic carbocycles. The number of hydrogen-bond acceptors (Lipinski definition) is 5. The predicted molar refractivity (Wildman–Crippen MR) is 100 cm³/mol. The number of rotatable bonds is 4. The van der Waals surface area contributed by atoms with Crippen molar-refractivity contribution in [3.05, 3.63) is 59.6 Å². The number of aromatic amines is 1. The van der Waals surface area contributed by atoms with E-state index in [-0.39, 0.29) is 0 Å². The van der Waals surface area contributed by atoms with Gasteiger partial charge in [0.05, 0.1) is 11.7 Å². The Labute approximate surface area is 153 Å². The zero-order chi connectivity index (χ0) is 17.9. The first-order valence-electron chi connectivity index (χ1n) is 9.19. The van der Waals surface area contributed by atoms with Crippen LogP contribution in [0.4, 0.5) is 0 Å². The molecule has 6 heteroatoms. The maximum Gasteiger partial charge on any atom is 0.156 e. The Bertz CT molecular complexity index is 873. The Kier molecular flexibility index (Phi) is 4.75. The Hall–Kier alpha value is -2.60. The molecule has 1 aliphatic heterocycles. The number of aryl methyl sites for hydroxylation is 2. The number of hydrogen-bond donors (Lipinski definition) is 1. The van der Waals surface area contributed by atoms with Gasteiger partial charge in [-0.15, -0.1) is 0 Å². The van der Waals surface area contributed by atoms with Gasteiger partial charge < -0.3 is 4.98 Å². The fraction of sp³-hybridized carbons (Fsp3) is 0.400. The molecule has 0 saturated carbocycles. The van der Waals surface area contributed by atoms with Gasteiger partial charge in [-0.25, -0.2) is 15.0 Å². The summed E-state index contributed by atoms with van der Waals surface area (Å²) < 4.78 is 0. The Balaban J connectivity index is 1.64. The molecule has 0 spiro atoms. The molecule has 0 amide bonds. The maximum absolute atomic E-state index is 4.77. The van der Waals surface area contributed by atoms with Crippen LogP contribution in [-0.4, -0.2) is 36.4 Å². The van der Waals surface area contributed by atoms with Gasteiger partial charge in [0.25, 0.3) is 0 Å². The summed E-state index contributed by atoms with van der Waals surface area (Å²) in [5.74, 6) is 1.60. The zero-order valence-electron chi connectivity index (χ0n) is 15.3. The smallest absolute Gasteiger partial charge is 0.156 e. The molecule has 26 heavy (non-hydrogen) atoms. The summed E-state index contributed by atoms with van der Waals surface area (Å²) in [4.78, 5) is 23.8. The van der Waals surface area contributed by atoms with Crippen LogP contribution in [0, 0.1) is 13.8 Å². The van der Waals surface area contributed by atoms with E-state index in [4.69, 9.17) is 4.98 Å². The Morgan fingerprint density at radius 2 is 2.12 bits per heavy atom. The number of nitrogens with zero attached hydrogens (tertiary/aromatic N) is 5. The van der Waals surface area contributed by atoms with Crippen molar-refractivity contribution in [2.24, 2.45) is 0 Å². The Morgan fingerprint density at radius 3 is 2.88 bits per heavy atom. The van der Waals surface area contributed by atoms with Crippen LogP contribution in [0.2, 0.25) is 0 Å². The molecule has 4 heterocycles. The maximum atomic E-state index is 4.77. The third-order valence-corrected chi connectivity index (χ3v) is 4.87. The van der Waals surface area contributed by atoms with Crippen LogP contribution in [0.1, 0.15) is 48.1 Å². The van der Waals surface area contributed by atoms with Gasteiger partial charge in [0.1, 0.15) is 11.5 Å². The molecule has 1 N–H and O–H groups in total. The molecule has 0 bridgehead atoms. The second-order valence-corrected chi connectivity index (χ2v) is 6.98. The van der Waals surface area contributed by atoms with Crippen LogP contribution in [0.15, 0.2) is 36.8 Å². The summed E-state index contributed by atoms with van der Waals surface area (Å²) in [6, 6.07) is 6.54. The summed E-state index contributed by atoms with van der Waals surface area (Å²) in [7, 11) is 0. The first kappa shape index (κ1) is 16.8. The normalized spacial score (nSPS) is 18.2. The van der Waals surface area contributed by atoms with E-state index >= 15 is 0 Å². The zero-order valence-corrected chi connectivity index (χ0v) is 15.3. The van der Waals surface area contributed by atoms with E-state index in [1.165, 1.54) is 18.4 Å². The molecule has 1 aliphatic rings. The summed E-state index contributed by atoms with van der Waals surface area (Å²) in [5, 5.41) is 0. The minimum absolute atomic E-state index is 0.306. The lowest BCUT2D eigenvalue weighted by Crippen LogP contribution is -2.33. The predicted octanol–water partition coefficient (Wildman–Crippen LogP) is 3.61. The van der Waals surface area contributed by atoms with Crippen LogP contribution in [0.3, 0.4) is 0 Å². The molecule has 1 unspecified atom stereocenters. The van der Waals surface area contributed by atoms with Gasteiger partial charge in [0, 0.05) is 30.8 Å². The van der Waals surface area contributed by atoms with Crippen molar-refractivity contribution in [2.75, 3.05) is 6.54 Å². The largest absolute Gasteiger partial charge is 0.341 e. The first-order chi connectivity index (χ1) is 12.7. The number of likely N-dealkylation sites (tertiary alicyclic amines) is 1. The lowest BCUT2D eigenvalue weighted by Gasteiger charge is -2.35. The SMILES string of the molecule is Cc1nc(-c2ncc(C)[nH]2)cc(C2CCCCN2Cc2cccnc2)n1.